The van der Waals surface area contributed by atoms with Crippen molar-refractivity contribution in [2.24, 2.45) is 11.3 Å². The fourth-order valence-corrected chi connectivity index (χ4v) is 4.87. The maximum Gasteiger partial charge on any atom is 0.298 e. The predicted octanol–water partition coefficient (Wildman–Crippen LogP) is 6.34. The molecule has 0 fully saturated rings. The van der Waals surface area contributed by atoms with E-state index in [-0.39, 0.29) is 11.4 Å². The van der Waals surface area contributed by atoms with Crippen LogP contribution in [0.15, 0.2) is 0 Å². The Bertz CT molecular complexity index is 319. The molecule has 0 aliphatic rings. The van der Waals surface area contributed by atoms with Crippen molar-refractivity contribution < 1.29 is 9.22 Å². The molecule has 0 heterocycles. The summed E-state index contributed by atoms with van der Waals surface area (Å²) in [6.07, 6.45) is 18.4. The molecule has 0 aromatic rings. The smallest absolute Gasteiger partial charge is 0.298 e. The molecule has 0 saturated heterocycles. The summed E-state index contributed by atoms with van der Waals surface area (Å²) in [7, 11) is 0.527. The van der Waals surface area contributed by atoms with Gasteiger partial charge in [0.25, 0.3) is 5.97 Å². The van der Waals surface area contributed by atoms with Crippen LogP contribution in [0.3, 0.4) is 0 Å². The average molecular weight is 371 g/mol. The quantitative estimate of drug-likeness (QED) is 0.220. The van der Waals surface area contributed by atoms with Crippen LogP contribution in [0.2, 0.25) is 0 Å². The molecule has 0 saturated carbocycles. The number of carbonyl (C=O) groups excluding carboxylic acids is 1. The van der Waals surface area contributed by atoms with Crippen molar-refractivity contribution in [1.29, 1.82) is 0 Å². The normalized spacial score (nSPS) is 15.0. The van der Waals surface area contributed by atoms with Crippen molar-refractivity contribution in [2.45, 2.75) is 124 Å². The number of carbonyl (C=O) groups is 1. The Kier molecular flexibility index (Phi) is 15.7. The zero-order chi connectivity index (χ0) is 19.0. The predicted molar refractivity (Wildman–Crippen MR) is 114 cm³/mol. The Morgan fingerprint density at radius 1 is 0.800 bits per heavy atom. The lowest BCUT2D eigenvalue weighted by molar-refractivity contribution is -0.151. The first-order valence-corrected chi connectivity index (χ1v) is 12.0. The Hall–Kier alpha value is -0.313. The van der Waals surface area contributed by atoms with Crippen LogP contribution in [0.5, 0.6) is 0 Å². The summed E-state index contributed by atoms with van der Waals surface area (Å²) in [6, 6.07) is 0. The highest BCUT2D eigenvalue weighted by molar-refractivity contribution is 6.06. The minimum absolute atomic E-state index is 0.122. The summed E-state index contributed by atoms with van der Waals surface area (Å²) in [5, 5.41) is 0. The third kappa shape index (κ3) is 9.26. The standard InChI is InChI=1S/C22H46O2Si/c1-5-9-11-13-15-17-20(8-4)22(18-7-3,21(23)24-25)19-16-14-12-10-6-2/h20H,5-19H2,1-4,25H3. The van der Waals surface area contributed by atoms with Crippen LogP contribution < -0.4 is 0 Å². The maximum absolute atomic E-state index is 12.9. The lowest BCUT2D eigenvalue weighted by Gasteiger charge is -2.39. The molecule has 3 heteroatoms. The SMILES string of the molecule is CCCCCCCC(CC)C(CCC)(CCCCCCC)C(=O)O[SiH3]. The van der Waals surface area contributed by atoms with Crippen molar-refractivity contribution in [3.05, 3.63) is 0 Å². The summed E-state index contributed by atoms with van der Waals surface area (Å²) >= 11 is 0. The van der Waals surface area contributed by atoms with Crippen LogP contribution in [0, 0.1) is 11.3 Å². The third-order valence-electron chi connectivity index (χ3n) is 5.94. The monoisotopic (exact) mass is 370 g/mol. The van der Waals surface area contributed by atoms with Crippen LogP contribution in [0.1, 0.15) is 124 Å². The van der Waals surface area contributed by atoms with Crippen molar-refractivity contribution in [3.8, 4) is 0 Å². The Balaban J connectivity index is 4.91. The molecule has 0 spiro atoms. The van der Waals surface area contributed by atoms with Crippen molar-refractivity contribution in [3.63, 3.8) is 0 Å². The van der Waals surface area contributed by atoms with Gasteiger partial charge in [0.1, 0.15) is 0 Å². The molecule has 0 bridgehead atoms. The van der Waals surface area contributed by atoms with Gasteiger partial charge in [0, 0.05) is 0 Å². The van der Waals surface area contributed by atoms with Crippen molar-refractivity contribution in [1.82, 2.24) is 0 Å². The summed E-state index contributed by atoms with van der Waals surface area (Å²) in [5.74, 6) is 0.624. The van der Waals surface area contributed by atoms with E-state index in [0.29, 0.717) is 16.4 Å². The van der Waals surface area contributed by atoms with Crippen LogP contribution in [0.25, 0.3) is 0 Å². The summed E-state index contributed by atoms with van der Waals surface area (Å²) in [4.78, 5) is 12.9. The summed E-state index contributed by atoms with van der Waals surface area (Å²) in [6.45, 7) is 9.02. The Labute approximate surface area is 161 Å². The lowest BCUT2D eigenvalue weighted by atomic mass is 9.66. The molecular weight excluding hydrogens is 324 g/mol. The van der Waals surface area contributed by atoms with E-state index in [9.17, 15) is 4.79 Å². The molecule has 2 atom stereocenters. The molecule has 0 rings (SSSR count). The minimum atomic E-state index is -0.206. The van der Waals surface area contributed by atoms with Gasteiger partial charge in [-0.1, -0.05) is 105 Å². The first-order valence-electron chi connectivity index (χ1n) is 11.2. The van der Waals surface area contributed by atoms with Gasteiger partial charge in [0.05, 0.1) is 5.41 Å². The maximum atomic E-state index is 12.9. The van der Waals surface area contributed by atoms with E-state index < -0.39 is 0 Å². The van der Waals surface area contributed by atoms with Gasteiger partial charge in [-0.05, 0) is 25.2 Å². The van der Waals surface area contributed by atoms with Gasteiger partial charge in [-0.3, -0.25) is 4.79 Å². The van der Waals surface area contributed by atoms with Gasteiger partial charge in [0.15, 0.2) is 0 Å². The second-order valence-electron chi connectivity index (χ2n) is 7.87. The second kappa shape index (κ2) is 15.9. The van der Waals surface area contributed by atoms with Crippen LogP contribution in [0.4, 0.5) is 0 Å². The molecule has 0 amide bonds. The highest BCUT2D eigenvalue weighted by Gasteiger charge is 2.43. The molecule has 0 aromatic heterocycles. The highest BCUT2D eigenvalue weighted by atomic mass is 28.2. The number of unbranched alkanes of at least 4 members (excludes halogenated alkanes) is 8. The van der Waals surface area contributed by atoms with Gasteiger partial charge in [-0.25, -0.2) is 0 Å². The molecule has 2 unspecified atom stereocenters. The molecule has 25 heavy (non-hydrogen) atoms. The molecule has 150 valence electrons. The third-order valence-corrected chi connectivity index (χ3v) is 6.32. The zero-order valence-corrected chi connectivity index (χ0v) is 20.0. The topological polar surface area (TPSA) is 26.3 Å². The van der Waals surface area contributed by atoms with Gasteiger partial charge < -0.3 is 4.43 Å². The fraction of sp³-hybridized carbons (Fsp3) is 0.955. The Morgan fingerprint density at radius 2 is 1.36 bits per heavy atom. The lowest BCUT2D eigenvalue weighted by Crippen LogP contribution is -2.40. The number of rotatable bonds is 17. The second-order valence-corrected chi connectivity index (χ2v) is 8.28. The fourth-order valence-electron chi connectivity index (χ4n) is 4.46. The molecular formula is C22H46O2Si. The van der Waals surface area contributed by atoms with Gasteiger partial charge in [0.2, 0.25) is 10.5 Å². The minimum Gasteiger partial charge on any atom is -0.528 e. The van der Waals surface area contributed by atoms with E-state index in [0.717, 1.165) is 25.7 Å². The highest BCUT2D eigenvalue weighted by Crippen LogP contribution is 2.44. The van der Waals surface area contributed by atoms with Gasteiger partial charge in [-0.15, -0.1) is 0 Å². The van der Waals surface area contributed by atoms with E-state index in [2.05, 4.69) is 27.7 Å². The number of hydrogen-bond donors (Lipinski definition) is 0. The molecule has 2 nitrogen and oxygen atoms in total. The summed E-state index contributed by atoms with van der Waals surface area (Å²) in [5.41, 5.74) is -0.206. The molecule has 0 N–H and O–H groups in total. The largest absolute Gasteiger partial charge is 0.528 e. The molecule has 0 radical (unpaired) electrons. The molecule has 0 aromatic carbocycles. The van der Waals surface area contributed by atoms with Crippen LogP contribution in [-0.4, -0.2) is 16.5 Å². The van der Waals surface area contributed by atoms with Crippen molar-refractivity contribution in [2.75, 3.05) is 0 Å². The summed E-state index contributed by atoms with van der Waals surface area (Å²) < 4.78 is 5.47. The first kappa shape index (κ1) is 24.7. The van der Waals surface area contributed by atoms with E-state index in [1.807, 2.05) is 0 Å². The van der Waals surface area contributed by atoms with Gasteiger partial charge >= 0.3 is 0 Å². The van der Waals surface area contributed by atoms with E-state index in [1.54, 1.807) is 0 Å². The zero-order valence-electron chi connectivity index (χ0n) is 18.0. The molecule has 0 aliphatic heterocycles. The first-order chi connectivity index (χ1) is 12.1. The van der Waals surface area contributed by atoms with Crippen LogP contribution >= 0.6 is 0 Å². The van der Waals surface area contributed by atoms with E-state index in [1.165, 1.54) is 70.6 Å². The Morgan fingerprint density at radius 3 is 1.84 bits per heavy atom. The average Bonchev–Trinajstić information content (AvgIpc) is 2.63. The van der Waals surface area contributed by atoms with E-state index in [4.69, 9.17) is 4.43 Å². The van der Waals surface area contributed by atoms with Gasteiger partial charge in [-0.2, -0.15) is 0 Å². The number of hydrogen-bond acceptors (Lipinski definition) is 2. The van der Waals surface area contributed by atoms with E-state index >= 15 is 0 Å². The van der Waals surface area contributed by atoms with Crippen LogP contribution in [-0.2, 0) is 9.22 Å². The van der Waals surface area contributed by atoms with Crippen molar-refractivity contribution >= 4 is 16.5 Å². The molecule has 0 aliphatic carbocycles.